The number of benzene rings is 1. The maximum atomic E-state index is 13.2. The largest absolute Gasteiger partial charge is 0.545 e. The Bertz CT molecular complexity index is 592. The summed E-state index contributed by atoms with van der Waals surface area (Å²) in [7, 11) is 0. The summed E-state index contributed by atoms with van der Waals surface area (Å²) in [6.45, 7) is 3.56. The highest BCUT2D eigenvalue weighted by molar-refractivity contribution is 5.86. The number of carbonyl (C=O) groups excluding carboxylic acids is 1. The zero-order valence-corrected chi connectivity index (χ0v) is 14.3. The number of rotatable bonds is 6. The van der Waals surface area contributed by atoms with E-state index in [0.29, 0.717) is 6.07 Å². The molecule has 1 aromatic carbocycles. The molecule has 1 atom stereocenters. The Labute approximate surface area is 144 Å². The zero-order chi connectivity index (χ0) is 18.6. The Hall–Kier alpha value is -1.76. The number of hydrogen-bond acceptors (Lipinski definition) is 4. The standard InChI is InChI=1S/C18H23F3O4/c1-11(2)17(24-13-6-4-3-5-7-13)25-15-10-12(16(22)23)8-9-14(15)18(19,20)21/h8-11,13,17H,3-7H2,1-2H3,(H,22,23)/p-1. The van der Waals surface area contributed by atoms with Gasteiger partial charge in [0.2, 0.25) is 6.29 Å². The third-order valence-electron chi connectivity index (χ3n) is 4.19. The SMILES string of the molecule is CC(C)C(Oc1cc(C(=O)[O-])ccc1C(F)(F)F)OC1CCCCC1. The van der Waals surface area contributed by atoms with Crippen molar-refractivity contribution in [3.8, 4) is 5.75 Å². The fourth-order valence-corrected chi connectivity index (χ4v) is 2.82. The maximum Gasteiger partial charge on any atom is 0.419 e. The minimum absolute atomic E-state index is 0.0557. The number of ether oxygens (including phenoxy) is 2. The molecule has 1 saturated carbocycles. The lowest BCUT2D eigenvalue weighted by atomic mass is 9.97. The summed E-state index contributed by atoms with van der Waals surface area (Å²) in [5, 5.41) is 11.0. The van der Waals surface area contributed by atoms with Crippen LogP contribution < -0.4 is 9.84 Å². The highest BCUT2D eigenvalue weighted by Crippen LogP contribution is 2.38. The first-order valence-electron chi connectivity index (χ1n) is 8.43. The fourth-order valence-electron chi connectivity index (χ4n) is 2.82. The van der Waals surface area contributed by atoms with E-state index >= 15 is 0 Å². The Balaban J connectivity index is 2.26. The van der Waals surface area contributed by atoms with Gasteiger partial charge in [0, 0.05) is 11.5 Å². The van der Waals surface area contributed by atoms with Crippen molar-refractivity contribution in [2.75, 3.05) is 0 Å². The third-order valence-corrected chi connectivity index (χ3v) is 4.19. The molecule has 2 rings (SSSR count). The van der Waals surface area contributed by atoms with E-state index in [4.69, 9.17) is 9.47 Å². The molecule has 1 aliphatic rings. The molecule has 0 heterocycles. The second-order valence-corrected chi connectivity index (χ2v) is 6.62. The zero-order valence-electron chi connectivity index (χ0n) is 14.3. The van der Waals surface area contributed by atoms with Gasteiger partial charge in [-0.1, -0.05) is 39.2 Å². The van der Waals surface area contributed by atoms with Gasteiger partial charge in [0.25, 0.3) is 0 Å². The highest BCUT2D eigenvalue weighted by Gasteiger charge is 2.36. The first kappa shape index (κ1) is 19.6. The molecule has 0 N–H and O–H groups in total. The van der Waals surface area contributed by atoms with Crippen LogP contribution in [0.4, 0.5) is 13.2 Å². The molecule has 1 fully saturated rings. The van der Waals surface area contributed by atoms with Gasteiger partial charge in [-0.2, -0.15) is 13.2 Å². The molecule has 0 bridgehead atoms. The van der Waals surface area contributed by atoms with Crippen LogP contribution in [0.15, 0.2) is 18.2 Å². The van der Waals surface area contributed by atoms with Crippen LogP contribution in [0.25, 0.3) is 0 Å². The number of hydrogen-bond donors (Lipinski definition) is 0. The molecule has 1 unspecified atom stereocenters. The van der Waals surface area contributed by atoms with Crippen molar-refractivity contribution in [2.45, 2.75) is 64.5 Å². The Morgan fingerprint density at radius 3 is 2.36 bits per heavy atom. The lowest BCUT2D eigenvalue weighted by Crippen LogP contribution is -2.33. The summed E-state index contributed by atoms with van der Waals surface area (Å²) in [5.74, 6) is -2.31. The van der Waals surface area contributed by atoms with E-state index in [1.165, 1.54) is 0 Å². The molecule has 0 amide bonds. The van der Waals surface area contributed by atoms with E-state index in [-0.39, 0.29) is 17.6 Å². The van der Waals surface area contributed by atoms with E-state index < -0.39 is 29.7 Å². The highest BCUT2D eigenvalue weighted by atomic mass is 19.4. The smallest absolute Gasteiger partial charge is 0.419 e. The molecular weight excluding hydrogens is 337 g/mol. The van der Waals surface area contributed by atoms with E-state index in [1.54, 1.807) is 13.8 Å². The van der Waals surface area contributed by atoms with Crippen LogP contribution in [0.3, 0.4) is 0 Å². The van der Waals surface area contributed by atoms with Crippen molar-refractivity contribution in [2.24, 2.45) is 5.92 Å². The fraction of sp³-hybridized carbons (Fsp3) is 0.611. The van der Waals surface area contributed by atoms with Crippen molar-refractivity contribution >= 4 is 5.97 Å². The van der Waals surface area contributed by atoms with Crippen LogP contribution >= 0.6 is 0 Å². The Morgan fingerprint density at radius 2 is 1.84 bits per heavy atom. The van der Waals surface area contributed by atoms with Gasteiger partial charge in [0.1, 0.15) is 5.75 Å². The average molecular weight is 359 g/mol. The summed E-state index contributed by atoms with van der Waals surface area (Å²) in [6, 6.07) is 2.40. The van der Waals surface area contributed by atoms with Gasteiger partial charge in [-0.15, -0.1) is 0 Å². The van der Waals surface area contributed by atoms with E-state index in [0.717, 1.165) is 44.2 Å². The molecule has 0 spiro atoms. The molecule has 0 aromatic heterocycles. The van der Waals surface area contributed by atoms with Crippen molar-refractivity contribution in [1.82, 2.24) is 0 Å². The lowest BCUT2D eigenvalue weighted by molar-refractivity contribution is -0.255. The van der Waals surface area contributed by atoms with Crippen molar-refractivity contribution in [3.05, 3.63) is 29.3 Å². The molecule has 0 saturated heterocycles. The minimum atomic E-state index is -4.66. The number of halogens is 3. The van der Waals surface area contributed by atoms with Crippen LogP contribution in [0, 0.1) is 5.92 Å². The van der Waals surface area contributed by atoms with Gasteiger partial charge in [0.15, 0.2) is 0 Å². The number of aromatic carboxylic acids is 1. The van der Waals surface area contributed by atoms with Crippen LogP contribution in [0.2, 0.25) is 0 Å². The van der Waals surface area contributed by atoms with Gasteiger partial charge in [0.05, 0.1) is 17.6 Å². The van der Waals surface area contributed by atoms with E-state index in [1.807, 2.05) is 0 Å². The van der Waals surface area contributed by atoms with E-state index in [9.17, 15) is 23.1 Å². The molecule has 4 nitrogen and oxygen atoms in total. The van der Waals surface area contributed by atoms with Crippen molar-refractivity contribution in [3.63, 3.8) is 0 Å². The maximum absolute atomic E-state index is 13.2. The monoisotopic (exact) mass is 359 g/mol. The number of carboxylic acids is 1. The molecular formula is C18H22F3O4-. The number of carboxylic acid groups (broad SMARTS) is 1. The van der Waals surface area contributed by atoms with Gasteiger partial charge in [-0.05, 0) is 25.0 Å². The van der Waals surface area contributed by atoms with Gasteiger partial charge in [-0.3, -0.25) is 0 Å². The second-order valence-electron chi connectivity index (χ2n) is 6.62. The van der Waals surface area contributed by atoms with Crippen molar-refractivity contribution < 1.29 is 32.5 Å². The summed E-state index contributed by atoms with van der Waals surface area (Å²) < 4.78 is 51.0. The molecule has 25 heavy (non-hydrogen) atoms. The molecule has 140 valence electrons. The lowest BCUT2D eigenvalue weighted by Gasteiger charge is -2.31. The van der Waals surface area contributed by atoms with E-state index in [2.05, 4.69) is 0 Å². The quantitative estimate of drug-likeness (QED) is 0.726. The predicted molar refractivity (Wildman–Crippen MR) is 83.0 cm³/mol. The summed E-state index contributed by atoms with van der Waals surface area (Å²) in [6.07, 6.45) is -0.755. The van der Waals surface area contributed by atoms with Gasteiger partial charge >= 0.3 is 6.18 Å². The second kappa shape index (κ2) is 8.08. The molecule has 1 aromatic rings. The van der Waals surface area contributed by atoms with Crippen molar-refractivity contribution in [1.29, 1.82) is 0 Å². The predicted octanol–water partition coefficient (Wildman–Crippen LogP) is 3.78. The molecule has 1 aliphatic carbocycles. The van der Waals surface area contributed by atoms with Crippen LogP contribution in [-0.2, 0) is 10.9 Å². The third kappa shape index (κ3) is 5.36. The molecule has 0 aliphatic heterocycles. The summed E-state index contributed by atoms with van der Waals surface area (Å²) in [5.41, 5.74) is -1.40. The average Bonchev–Trinajstić information content (AvgIpc) is 2.54. The number of alkyl halides is 3. The topological polar surface area (TPSA) is 58.6 Å². The summed E-state index contributed by atoms with van der Waals surface area (Å²) in [4.78, 5) is 11.0. The van der Waals surface area contributed by atoms with Crippen LogP contribution in [-0.4, -0.2) is 18.4 Å². The Kier molecular flexibility index (Phi) is 6.32. The first-order chi connectivity index (χ1) is 11.7. The van der Waals surface area contributed by atoms with Crippen LogP contribution in [0.5, 0.6) is 5.75 Å². The number of carbonyl (C=O) groups is 1. The molecule has 7 heteroatoms. The summed E-state index contributed by atoms with van der Waals surface area (Å²) >= 11 is 0. The van der Waals surface area contributed by atoms with Gasteiger partial charge in [-0.25, -0.2) is 0 Å². The normalized spacial score (nSPS) is 17.5. The van der Waals surface area contributed by atoms with Gasteiger partial charge < -0.3 is 19.4 Å². The first-order valence-corrected chi connectivity index (χ1v) is 8.43. The molecule has 0 radical (unpaired) electrons. The van der Waals surface area contributed by atoms with Crippen LogP contribution in [0.1, 0.15) is 61.9 Å². The Morgan fingerprint density at radius 1 is 1.20 bits per heavy atom. The minimum Gasteiger partial charge on any atom is -0.545 e.